The van der Waals surface area contributed by atoms with Crippen LogP contribution in [0.2, 0.25) is 0 Å². The number of aromatic nitrogens is 2. The molecule has 1 aromatic carbocycles. The van der Waals surface area contributed by atoms with Gasteiger partial charge in [0.05, 0.1) is 17.3 Å². The molecule has 2 N–H and O–H groups in total. The van der Waals surface area contributed by atoms with E-state index < -0.39 is 5.97 Å². The minimum atomic E-state index is -0.987. The molecule has 6 nitrogen and oxygen atoms in total. The lowest BCUT2D eigenvalue weighted by Crippen LogP contribution is -2.31. The zero-order valence-electron chi connectivity index (χ0n) is 12.9. The third-order valence-corrected chi connectivity index (χ3v) is 5.32. The summed E-state index contributed by atoms with van der Waals surface area (Å²) in [7, 11) is 0. The predicted molar refractivity (Wildman–Crippen MR) is 91.1 cm³/mol. The lowest BCUT2D eigenvalue weighted by atomic mass is 10.1. The van der Waals surface area contributed by atoms with Crippen LogP contribution in [0.1, 0.15) is 33.9 Å². The number of carbonyl (C=O) groups is 1. The molecule has 3 aromatic rings. The van der Waals surface area contributed by atoms with Crippen molar-refractivity contribution in [2.24, 2.45) is 0 Å². The van der Waals surface area contributed by atoms with Crippen LogP contribution in [0.4, 0.5) is 0 Å². The van der Waals surface area contributed by atoms with Gasteiger partial charge in [-0.1, -0.05) is 0 Å². The highest BCUT2D eigenvalue weighted by atomic mass is 32.1. The number of carboxylic acid groups (broad SMARTS) is 1. The van der Waals surface area contributed by atoms with Gasteiger partial charge in [-0.25, -0.2) is 9.78 Å². The van der Waals surface area contributed by atoms with Crippen molar-refractivity contribution in [3.05, 3.63) is 40.5 Å². The minimum Gasteiger partial charge on any atom is -0.477 e. The van der Waals surface area contributed by atoms with Crippen molar-refractivity contribution in [1.82, 2.24) is 14.9 Å². The lowest BCUT2D eigenvalue weighted by molar-refractivity contribution is 0.0702. The Labute approximate surface area is 142 Å². The van der Waals surface area contributed by atoms with Gasteiger partial charge in [-0.2, -0.15) is 5.26 Å². The summed E-state index contributed by atoms with van der Waals surface area (Å²) in [5.74, 6) is -0.987. The molecule has 0 spiro atoms. The smallest absolute Gasteiger partial charge is 0.347 e. The Balaban J connectivity index is 1.93. The second kappa shape index (κ2) is 5.44. The number of nitriles is 1. The average molecular weight is 338 g/mol. The first-order valence-electron chi connectivity index (χ1n) is 7.56. The maximum Gasteiger partial charge on any atom is 0.347 e. The highest BCUT2D eigenvalue weighted by Gasteiger charge is 2.21. The summed E-state index contributed by atoms with van der Waals surface area (Å²) in [4.78, 5) is 15.4. The molecule has 120 valence electrons. The molecule has 1 aliphatic rings. The van der Waals surface area contributed by atoms with Gasteiger partial charge in [-0.05, 0) is 25.1 Å². The van der Waals surface area contributed by atoms with Crippen molar-refractivity contribution in [2.75, 3.05) is 6.54 Å². The molecule has 1 aliphatic heterocycles. The molecule has 2 aromatic heterocycles. The Morgan fingerprint density at radius 1 is 1.50 bits per heavy atom. The van der Waals surface area contributed by atoms with Crippen LogP contribution in [0, 0.1) is 11.3 Å². The van der Waals surface area contributed by atoms with E-state index in [9.17, 15) is 10.1 Å². The van der Waals surface area contributed by atoms with Gasteiger partial charge in [0.2, 0.25) is 0 Å². The minimum absolute atomic E-state index is 0.192. The fraction of sp³-hybridized carbons (Fsp3) is 0.235. The van der Waals surface area contributed by atoms with Crippen LogP contribution in [0.15, 0.2) is 24.4 Å². The molecule has 0 aliphatic carbocycles. The molecule has 0 amide bonds. The molecular formula is C17H14N4O2S. The zero-order chi connectivity index (χ0) is 16.8. The summed E-state index contributed by atoms with van der Waals surface area (Å²) in [5.41, 5.74) is 3.47. The van der Waals surface area contributed by atoms with Crippen molar-refractivity contribution in [1.29, 1.82) is 5.26 Å². The lowest BCUT2D eigenvalue weighted by Gasteiger charge is -2.25. The number of nitrogens with zero attached hydrogens (tertiary/aromatic N) is 3. The van der Waals surface area contributed by atoms with Crippen molar-refractivity contribution in [2.45, 2.75) is 19.5 Å². The Morgan fingerprint density at radius 3 is 3.04 bits per heavy atom. The number of hydrogen-bond acceptors (Lipinski definition) is 5. The van der Waals surface area contributed by atoms with Crippen LogP contribution < -0.4 is 5.32 Å². The molecule has 0 unspecified atom stereocenters. The predicted octanol–water partition coefficient (Wildman–Crippen LogP) is 3.00. The first-order valence-corrected chi connectivity index (χ1v) is 8.38. The van der Waals surface area contributed by atoms with Crippen LogP contribution in [0.5, 0.6) is 0 Å². The molecule has 3 heterocycles. The summed E-state index contributed by atoms with van der Waals surface area (Å²) in [6.45, 7) is 3.78. The second-order valence-electron chi connectivity index (χ2n) is 5.89. The van der Waals surface area contributed by atoms with Crippen LogP contribution in [0.25, 0.3) is 21.5 Å². The Hall–Kier alpha value is -2.69. The topological polar surface area (TPSA) is 90.9 Å². The Kier molecular flexibility index (Phi) is 3.37. The SMILES string of the molecule is C[C@@H]1CNCc2cc3cc(-c4ncc(C(=O)O)s4)cc(C#N)c3n21. The van der Waals surface area contributed by atoms with Gasteiger partial charge in [0, 0.05) is 35.8 Å². The third-order valence-electron chi connectivity index (χ3n) is 4.28. The number of carboxylic acids is 1. The first-order chi connectivity index (χ1) is 11.6. The number of hydrogen-bond donors (Lipinski definition) is 2. The van der Waals surface area contributed by atoms with E-state index in [1.54, 1.807) is 6.07 Å². The van der Waals surface area contributed by atoms with E-state index in [1.807, 2.05) is 6.07 Å². The Bertz CT molecular complexity index is 1010. The van der Waals surface area contributed by atoms with Gasteiger partial charge in [-0.15, -0.1) is 11.3 Å². The highest BCUT2D eigenvalue weighted by Crippen LogP contribution is 2.34. The van der Waals surface area contributed by atoms with Gasteiger partial charge in [0.1, 0.15) is 16.0 Å². The number of benzene rings is 1. The van der Waals surface area contributed by atoms with Crippen LogP contribution >= 0.6 is 11.3 Å². The molecule has 0 radical (unpaired) electrons. The Morgan fingerprint density at radius 2 is 2.33 bits per heavy atom. The van der Waals surface area contributed by atoms with E-state index >= 15 is 0 Å². The van der Waals surface area contributed by atoms with Gasteiger partial charge in [-0.3, -0.25) is 0 Å². The molecule has 0 fully saturated rings. The van der Waals surface area contributed by atoms with Gasteiger partial charge in [0.25, 0.3) is 0 Å². The van der Waals surface area contributed by atoms with Crippen LogP contribution in [0.3, 0.4) is 0 Å². The van der Waals surface area contributed by atoms with E-state index in [0.717, 1.165) is 46.6 Å². The van der Waals surface area contributed by atoms with E-state index in [-0.39, 0.29) is 10.9 Å². The number of nitrogens with one attached hydrogen (secondary N) is 1. The van der Waals surface area contributed by atoms with Crippen molar-refractivity contribution in [3.8, 4) is 16.6 Å². The average Bonchev–Trinajstić information content (AvgIpc) is 3.19. The number of aromatic carboxylic acids is 1. The fourth-order valence-electron chi connectivity index (χ4n) is 3.28. The normalized spacial score (nSPS) is 16.8. The summed E-state index contributed by atoms with van der Waals surface area (Å²) < 4.78 is 2.22. The molecular weight excluding hydrogens is 324 g/mol. The summed E-state index contributed by atoms with van der Waals surface area (Å²) in [6.07, 6.45) is 1.36. The molecule has 0 bridgehead atoms. The van der Waals surface area contributed by atoms with Gasteiger partial charge >= 0.3 is 5.97 Å². The molecule has 7 heteroatoms. The second-order valence-corrected chi connectivity index (χ2v) is 6.92. The maximum absolute atomic E-state index is 11.1. The maximum atomic E-state index is 11.1. The quantitative estimate of drug-likeness (QED) is 0.749. The van der Waals surface area contributed by atoms with E-state index in [4.69, 9.17) is 5.11 Å². The number of rotatable bonds is 2. The summed E-state index contributed by atoms with van der Waals surface area (Å²) >= 11 is 1.12. The molecule has 0 saturated heterocycles. The summed E-state index contributed by atoms with van der Waals surface area (Å²) in [5, 5.41) is 23.7. The molecule has 1 atom stereocenters. The first kappa shape index (κ1) is 14.9. The highest BCUT2D eigenvalue weighted by molar-refractivity contribution is 7.16. The molecule has 24 heavy (non-hydrogen) atoms. The zero-order valence-corrected chi connectivity index (χ0v) is 13.7. The van der Waals surface area contributed by atoms with E-state index in [0.29, 0.717) is 10.6 Å². The van der Waals surface area contributed by atoms with Crippen molar-refractivity contribution < 1.29 is 9.90 Å². The number of thiazole rings is 1. The summed E-state index contributed by atoms with van der Waals surface area (Å²) in [6, 6.07) is 8.44. The van der Waals surface area contributed by atoms with Gasteiger partial charge < -0.3 is 15.0 Å². The van der Waals surface area contributed by atoms with Crippen LogP contribution in [-0.2, 0) is 6.54 Å². The van der Waals surface area contributed by atoms with Crippen LogP contribution in [-0.4, -0.2) is 27.2 Å². The fourth-order valence-corrected chi connectivity index (χ4v) is 4.03. The van der Waals surface area contributed by atoms with Crippen molar-refractivity contribution in [3.63, 3.8) is 0 Å². The van der Waals surface area contributed by atoms with E-state index in [2.05, 4.69) is 33.9 Å². The molecule has 0 saturated carbocycles. The number of fused-ring (bicyclic) bond motifs is 3. The standard InChI is InChI=1S/C17H14N4O2S/c1-9-6-19-7-13-4-10-2-11(3-12(5-18)15(10)21(9)13)16-20-8-14(24-16)17(22)23/h2-4,8-9,19H,6-7H2,1H3,(H,22,23)/t9-/m1/s1. The monoisotopic (exact) mass is 338 g/mol. The largest absolute Gasteiger partial charge is 0.477 e. The molecule has 4 rings (SSSR count). The van der Waals surface area contributed by atoms with E-state index in [1.165, 1.54) is 6.20 Å². The van der Waals surface area contributed by atoms with Crippen molar-refractivity contribution >= 4 is 28.2 Å². The van der Waals surface area contributed by atoms with Gasteiger partial charge in [0.15, 0.2) is 0 Å². The third kappa shape index (κ3) is 2.19.